The summed E-state index contributed by atoms with van der Waals surface area (Å²) in [5, 5.41) is 12.1. The molecule has 0 spiro atoms. The molecule has 0 aliphatic carbocycles. The van der Waals surface area contributed by atoms with E-state index in [1.54, 1.807) is 26.8 Å². The minimum Gasteiger partial charge on any atom is -0.508 e. The van der Waals surface area contributed by atoms with Crippen LogP contribution in [0.5, 0.6) is 5.75 Å². The van der Waals surface area contributed by atoms with Crippen molar-refractivity contribution in [3.63, 3.8) is 0 Å². The van der Waals surface area contributed by atoms with E-state index in [4.69, 9.17) is 10.5 Å². The van der Waals surface area contributed by atoms with E-state index in [9.17, 15) is 9.90 Å². The van der Waals surface area contributed by atoms with Crippen molar-refractivity contribution < 1.29 is 14.6 Å². The molecule has 0 fully saturated rings. The highest BCUT2D eigenvalue weighted by atomic mass is 16.6. The lowest BCUT2D eigenvalue weighted by atomic mass is 10.0. The molecule has 1 aromatic carbocycles. The van der Waals surface area contributed by atoms with Gasteiger partial charge in [-0.2, -0.15) is 0 Å². The third-order valence-corrected chi connectivity index (χ3v) is 2.27. The zero-order valence-corrected chi connectivity index (χ0v) is 11.5. The minimum absolute atomic E-state index is 0.0827. The molecule has 0 radical (unpaired) electrons. The van der Waals surface area contributed by atoms with Crippen LogP contribution >= 0.6 is 0 Å². The molecule has 0 heterocycles. The molecule has 4 N–H and O–H groups in total. The molecular formula is C14H20N2O3. The first-order valence-electron chi connectivity index (χ1n) is 5.94. The zero-order valence-electron chi connectivity index (χ0n) is 11.5. The Bertz CT molecular complexity index is 490. The number of aromatic hydroxyl groups is 1. The van der Waals surface area contributed by atoms with Gasteiger partial charge >= 0.3 is 6.09 Å². The number of nitrogens with two attached hydrogens (primary N) is 1. The molecular weight excluding hydrogens is 244 g/mol. The molecule has 5 nitrogen and oxygen atoms in total. The predicted octanol–water partition coefficient (Wildman–Crippen LogP) is 2.71. The number of phenols is 1. The van der Waals surface area contributed by atoms with Gasteiger partial charge in [-0.05, 0) is 44.5 Å². The smallest absolute Gasteiger partial charge is 0.412 e. The Balaban J connectivity index is 2.95. The molecule has 19 heavy (non-hydrogen) atoms. The van der Waals surface area contributed by atoms with Gasteiger partial charge in [0.25, 0.3) is 0 Å². The number of hydrogen-bond donors (Lipinski definition) is 3. The average molecular weight is 264 g/mol. The third-order valence-electron chi connectivity index (χ3n) is 2.27. The second-order valence-electron chi connectivity index (χ2n) is 5.16. The van der Waals surface area contributed by atoms with E-state index in [0.29, 0.717) is 16.8 Å². The Labute approximate surface area is 113 Å². The molecule has 0 aliphatic heterocycles. The highest BCUT2D eigenvalue weighted by Gasteiger charge is 2.17. The van der Waals surface area contributed by atoms with E-state index in [-0.39, 0.29) is 12.3 Å². The summed E-state index contributed by atoms with van der Waals surface area (Å²) in [6, 6.07) is 4.55. The van der Waals surface area contributed by atoms with Gasteiger partial charge in [-0.3, -0.25) is 5.32 Å². The fourth-order valence-electron chi connectivity index (χ4n) is 1.46. The number of rotatable bonds is 3. The summed E-state index contributed by atoms with van der Waals surface area (Å²) in [4.78, 5) is 11.7. The van der Waals surface area contributed by atoms with Gasteiger partial charge in [0.05, 0.1) is 5.69 Å². The fraction of sp³-hybridized carbons (Fsp3) is 0.357. The number of phenolic OH excluding ortho intramolecular Hbond substituents is 1. The van der Waals surface area contributed by atoms with Crippen LogP contribution in [0.4, 0.5) is 10.5 Å². The van der Waals surface area contributed by atoms with Crippen LogP contribution in [-0.4, -0.2) is 23.3 Å². The van der Waals surface area contributed by atoms with Crippen molar-refractivity contribution in [1.29, 1.82) is 0 Å². The number of carbonyl (C=O) groups excluding carboxylic acids is 1. The third kappa shape index (κ3) is 4.63. The van der Waals surface area contributed by atoms with Crippen LogP contribution < -0.4 is 11.1 Å². The normalized spacial score (nSPS) is 10.9. The van der Waals surface area contributed by atoms with E-state index in [2.05, 4.69) is 11.9 Å². The van der Waals surface area contributed by atoms with Crippen molar-refractivity contribution in [3.8, 4) is 5.75 Å². The number of amides is 1. The summed E-state index contributed by atoms with van der Waals surface area (Å²) in [7, 11) is 0. The number of hydrogen-bond acceptors (Lipinski definition) is 4. The summed E-state index contributed by atoms with van der Waals surface area (Å²) in [6.45, 7) is 9.37. The van der Waals surface area contributed by atoms with Gasteiger partial charge in [-0.15, -0.1) is 0 Å². The van der Waals surface area contributed by atoms with Gasteiger partial charge < -0.3 is 15.6 Å². The molecule has 0 saturated carbocycles. The molecule has 1 rings (SSSR count). The maximum absolute atomic E-state index is 11.7. The van der Waals surface area contributed by atoms with Crippen LogP contribution in [0, 0.1) is 0 Å². The molecule has 0 saturated heterocycles. The Hall–Kier alpha value is -2.01. The van der Waals surface area contributed by atoms with Gasteiger partial charge in [0.15, 0.2) is 0 Å². The lowest BCUT2D eigenvalue weighted by Gasteiger charge is -2.20. The molecule has 0 atom stereocenters. The minimum atomic E-state index is -0.577. The van der Waals surface area contributed by atoms with Crippen molar-refractivity contribution in [2.75, 3.05) is 11.9 Å². The van der Waals surface area contributed by atoms with Crippen molar-refractivity contribution in [1.82, 2.24) is 0 Å². The molecule has 1 amide bonds. The van der Waals surface area contributed by atoms with Crippen LogP contribution in [0.15, 0.2) is 24.8 Å². The van der Waals surface area contributed by atoms with Gasteiger partial charge in [-0.25, -0.2) is 4.79 Å². The second-order valence-corrected chi connectivity index (χ2v) is 5.16. The Morgan fingerprint density at radius 3 is 2.63 bits per heavy atom. The number of benzene rings is 1. The largest absolute Gasteiger partial charge is 0.508 e. The van der Waals surface area contributed by atoms with E-state index < -0.39 is 11.7 Å². The monoisotopic (exact) mass is 264 g/mol. The molecule has 0 aromatic heterocycles. The lowest BCUT2D eigenvalue weighted by molar-refractivity contribution is 0.0636. The summed E-state index contributed by atoms with van der Waals surface area (Å²) in [5.41, 5.74) is 6.66. The SMILES string of the molecule is C=C(CN)c1cc(O)ccc1NC(=O)OC(C)(C)C. The van der Waals surface area contributed by atoms with Crippen molar-refractivity contribution >= 4 is 17.4 Å². The Kier molecular flexibility index (Phi) is 4.56. The van der Waals surface area contributed by atoms with Crippen molar-refractivity contribution in [2.24, 2.45) is 5.73 Å². The van der Waals surface area contributed by atoms with E-state index in [0.717, 1.165) is 0 Å². The van der Waals surface area contributed by atoms with Crippen LogP contribution in [0.3, 0.4) is 0 Å². The Morgan fingerprint density at radius 2 is 2.11 bits per heavy atom. The maximum Gasteiger partial charge on any atom is 0.412 e. The van der Waals surface area contributed by atoms with Crippen molar-refractivity contribution in [3.05, 3.63) is 30.3 Å². The van der Waals surface area contributed by atoms with E-state index >= 15 is 0 Å². The summed E-state index contributed by atoms with van der Waals surface area (Å²) in [6.07, 6.45) is -0.565. The zero-order chi connectivity index (χ0) is 14.6. The second kappa shape index (κ2) is 5.75. The molecule has 0 unspecified atom stereocenters. The lowest BCUT2D eigenvalue weighted by Crippen LogP contribution is -2.27. The first kappa shape index (κ1) is 15.0. The molecule has 0 bridgehead atoms. The average Bonchev–Trinajstić information content (AvgIpc) is 2.28. The Morgan fingerprint density at radius 1 is 1.47 bits per heavy atom. The highest BCUT2D eigenvalue weighted by molar-refractivity contribution is 5.90. The summed E-state index contributed by atoms with van der Waals surface area (Å²) >= 11 is 0. The first-order valence-corrected chi connectivity index (χ1v) is 5.94. The van der Waals surface area contributed by atoms with Crippen LogP contribution in [0.25, 0.3) is 5.57 Å². The standard InChI is InChI=1S/C14H20N2O3/c1-9(8-15)11-7-10(17)5-6-12(11)16-13(18)19-14(2,3)4/h5-7,17H,1,8,15H2,2-4H3,(H,16,18). The number of anilines is 1. The molecule has 1 aromatic rings. The number of carbonyl (C=O) groups is 1. The van der Waals surface area contributed by atoms with Crippen molar-refractivity contribution in [2.45, 2.75) is 26.4 Å². The van der Waals surface area contributed by atoms with Crippen LogP contribution in [-0.2, 0) is 4.74 Å². The maximum atomic E-state index is 11.7. The summed E-state index contributed by atoms with van der Waals surface area (Å²) in [5.74, 6) is 0.0827. The van der Waals surface area contributed by atoms with E-state index in [1.807, 2.05) is 0 Å². The van der Waals surface area contributed by atoms with E-state index in [1.165, 1.54) is 12.1 Å². The van der Waals surface area contributed by atoms with Gasteiger partial charge in [0.2, 0.25) is 0 Å². The quantitative estimate of drug-likeness (QED) is 0.733. The van der Waals surface area contributed by atoms with Gasteiger partial charge in [0, 0.05) is 12.1 Å². The van der Waals surface area contributed by atoms with Gasteiger partial charge in [0.1, 0.15) is 11.4 Å². The van der Waals surface area contributed by atoms with Gasteiger partial charge in [-0.1, -0.05) is 6.58 Å². The number of nitrogens with one attached hydrogen (secondary N) is 1. The highest BCUT2D eigenvalue weighted by Crippen LogP contribution is 2.27. The fourth-order valence-corrected chi connectivity index (χ4v) is 1.46. The first-order chi connectivity index (χ1) is 8.73. The predicted molar refractivity (Wildman–Crippen MR) is 76.1 cm³/mol. The number of ether oxygens (including phenoxy) is 1. The molecule has 104 valence electrons. The van der Waals surface area contributed by atoms with Crippen LogP contribution in [0.1, 0.15) is 26.3 Å². The summed E-state index contributed by atoms with van der Waals surface area (Å²) < 4.78 is 5.17. The van der Waals surface area contributed by atoms with Crippen LogP contribution in [0.2, 0.25) is 0 Å². The molecule has 5 heteroatoms. The topological polar surface area (TPSA) is 84.6 Å². The molecule has 0 aliphatic rings.